The fraction of sp³-hybridized carbons (Fsp3) is 0.200. The number of hydrogen-bond acceptors (Lipinski definition) is 5. The molecule has 2 aromatic rings. The van der Waals surface area contributed by atoms with E-state index in [2.05, 4.69) is 16.0 Å². The van der Waals surface area contributed by atoms with E-state index >= 15 is 0 Å². The van der Waals surface area contributed by atoms with E-state index < -0.39 is 28.0 Å². The molecule has 1 amide bonds. The van der Waals surface area contributed by atoms with E-state index in [1.807, 2.05) is 0 Å². The summed E-state index contributed by atoms with van der Waals surface area (Å²) in [5, 5.41) is 3.16. The summed E-state index contributed by atoms with van der Waals surface area (Å²) in [5.74, 6) is 0.921. The molecule has 0 saturated heterocycles. The highest BCUT2D eigenvalue weighted by molar-refractivity contribution is 7.89. The lowest BCUT2D eigenvalue weighted by atomic mass is 10.2. The third-order valence-corrected chi connectivity index (χ3v) is 5.61. The van der Waals surface area contributed by atoms with Crippen LogP contribution in [-0.2, 0) is 26.1 Å². The maximum absolute atomic E-state index is 12.2. The van der Waals surface area contributed by atoms with Crippen LogP contribution in [0.2, 0.25) is 5.02 Å². The first kappa shape index (κ1) is 22.4. The Labute approximate surface area is 174 Å². The van der Waals surface area contributed by atoms with Gasteiger partial charge in [0.25, 0.3) is 5.91 Å². The molecule has 0 aliphatic rings. The van der Waals surface area contributed by atoms with Gasteiger partial charge in [-0.2, -0.15) is 4.72 Å². The number of esters is 1. The molecule has 1 unspecified atom stereocenters. The predicted molar refractivity (Wildman–Crippen MR) is 109 cm³/mol. The molecule has 7 nitrogen and oxygen atoms in total. The van der Waals surface area contributed by atoms with Crippen LogP contribution in [0.25, 0.3) is 0 Å². The molecule has 0 heterocycles. The van der Waals surface area contributed by atoms with E-state index in [0.717, 1.165) is 5.56 Å². The topological polar surface area (TPSA) is 102 Å². The number of terminal acetylenes is 1. The van der Waals surface area contributed by atoms with Crippen LogP contribution in [-0.4, -0.2) is 32.9 Å². The molecule has 1 atom stereocenters. The molecule has 0 aliphatic carbocycles. The number of benzene rings is 2. The average molecular weight is 435 g/mol. The van der Waals surface area contributed by atoms with E-state index in [1.54, 1.807) is 24.3 Å². The monoisotopic (exact) mass is 434 g/mol. The molecule has 0 aliphatic heterocycles. The molecule has 2 N–H and O–H groups in total. The van der Waals surface area contributed by atoms with Crippen molar-refractivity contribution >= 4 is 33.5 Å². The molecule has 29 heavy (non-hydrogen) atoms. The molecular formula is C20H19ClN2O5S. The summed E-state index contributed by atoms with van der Waals surface area (Å²) < 4.78 is 31.3. The van der Waals surface area contributed by atoms with E-state index in [-0.39, 0.29) is 23.5 Å². The van der Waals surface area contributed by atoms with Crippen molar-refractivity contribution in [1.82, 2.24) is 10.0 Å². The zero-order valence-corrected chi connectivity index (χ0v) is 17.1. The van der Waals surface area contributed by atoms with Crippen molar-refractivity contribution in [3.05, 3.63) is 64.7 Å². The summed E-state index contributed by atoms with van der Waals surface area (Å²) in [4.78, 5) is 24.3. The van der Waals surface area contributed by atoms with Crippen molar-refractivity contribution in [2.75, 3.05) is 6.54 Å². The largest absolute Gasteiger partial charge is 0.449 e. The van der Waals surface area contributed by atoms with Crippen LogP contribution >= 0.6 is 11.6 Å². The van der Waals surface area contributed by atoms with Crippen molar-refractivity contribution in [1.29, 1.82) is 0 Å². The number of ether oxygens (including phenoxy) is 1. The Morgan fingerprint density at radius 3 is 2.45 bits per heavy atom. The van der Waals surface area contributed by atoms with Crippen molar-refractivity contribution in [2.24, 2.45) is 0 Å². The van der Waals surface area contributed by atoms with Crippen LogP contribution in [0.15, 0.2) is 53.4 Å². The molecule has 0 saturated carbocycles. The predicted octanol–water partition coefficient (Wildman–Crippen LogP) is 2.11. The first-order valence-corrected chi connectivity index (χ1v) is 10.4. The third-order valence-electron chi connectivity index (χ3n) is 3.83. The molecule has 0 fully saturated rings. The molecule has 0 spiro atoms. The SMILES string of the molecule is C#CCNS(=O)(=O)c1ccc(C(=O)OC(C)C(=O)NCc2ccccc2Cl)cc1. The molecule has 152 valence electrons. The summed E-state index contributed by atoms with van der Waals surface area (Å²) in [7, 11) is -3.76. The highest BCUT2D eigenvalue weighted by atomic mass is 35.5. The molecule has 0 bridgehead atoms. The fourth-order valence-corrected chi connectivity index (χ4v) is 3.38. The quantitative estimate of drug-likeness (QED) is 0.489. The molecule has 2 aromatic carbocycles. The summed E-state index contributed by atoms with van der Waals surface area (Å²) in [6.45, 7) is 1.48. The lowest BCUT2D eigenvalue weighted by Gasteiger charge is -2.14. The van der Waals surface area contributed by atoms with Crippen LogP contribution in [0, 0.1) is 12.3 Å². The fourth-order valence-electron chi connectivity index (χ4n) is 2.24. The maximum atomic E-state index is 12.2. The average Bonchev–Trinajstić information content (AvgIpc) is 2.71. The van der Waals surface area contributed by atoms with Crippen molar-refractivity contribution in [3.8, 4) is 12.3 Å². The number of rotatable bonds is 8. The second-order valence-corrected chi connectivity index (χ2v) is 8.08. The van der Waals surface area contributed by atoms with Gasteiger partial charge in [0.1, 0.15) is 0 Å². The van der Waals surface area contributed by atoms with E-state index in [9.17, 15) is 18.0 Å². The van der Waals surface area contributed by atoms with Crippen LogP contribution in [0.5, 0.6) is 0 Å². The third kappa shape index (κ3) is 6.32. The number of hydrogen-bond donors (Lipinski definition) is 2. The van der Waals surface area contributed by atoms with Crippen LogP contribution in [0.3, 0.4) is 0 Å². The van der Waals surface area contributed by atoms with E-state index in [1.165, 1.54) is 31.2 Å². The van der Waals surface area contributed by atoms with Gasteiger partial charge in [-0.05, 0) is 42.8 Å². The Kier molecular flexibility index (Phi) is 7.79. The van der Waals surface area contributed by atoms with Gasteiger partial charge in [0.2, 0.25) is 10.0 Å². The number of carbonyl (C=O) groups excluding carboxylic acids is 2. The summed E-state index contributed by atoms with van der Waals surface area (Å²) in [6, 6.07) is 12.1. The van der Waals surface area contributed by atoms with Gasteiger partial charge in [0, 0.05) is 11.6 Å². The minimum atomic E-state index is -3.76. The molecule has 2 rings (SSSR count). The minimum absolute atomic E-state index is 0.0465. The minimum Gasteiger partial charge on any atom is -0.449 e. The summed E-state index contributed by atoms with van der Waals surface area (Å²) in [6.07, 6.45) is 3.98. The van der Waals surface area contributed by atoms with Crippen molar-refractivity contribution in [3.63, 3.8) is 0 Å². The molecule has 0 aromatic heterocycles. The van der Waals surface area contributed by atoms with Gasteiger partial charge < -0.3 is 10.1 Å². The Bertz CT molecular complexity index is 1030. The number of nitrogens with one attached hydrogen (secondary N) is 2. The first-order valence-electron chi connectivity index (χ1n) is 8.50. The van der Waals surface area contributed by atoms with Gasteiger partial charge in [-0.3, -0.25) is 4.79 Å². The number of sulfonamides is 1. The van der Waals surface area contributed by atoms with Gasteiger partial charge in [0.15, 0.2) is 6.10 Å². The zero-order chi connectivity index (χ0) is 21.4. The van der Waals surface area contributed by atoms with E-state index in [4.69, 9.17) is 22.8 Å². The smallest absolute Gasteiger partial charge is 0.338 e. The Morgan fingerprint density at radius 1 is 1.17 bits per heavy atom. The number of carbonyl (C=O) groups is 2. The Morgan fingerprint density at radius 2 is 1.83 bits per heavy atom. The van der Waals surface area contributed by atoms with Gasteiger partial charge in [-0.15, -0.1) is 6.42 Å². The molecular weight excluding hydrogens is 416 g/mol. The highest BCUT2D eigenvalue weighted by Gasteiger charge is 2.20. The van der Waals surface area contributed by atoms with Gasteiger partial charge in [0.05, 0.1) is 17.0 Å². The van der Waals surface area contributed by atoms with Crippen LogP contribution in [0.1, 0.15) is 22.8 Å². The second kappa shape index (κ2) is 10.1. The Balaban J connectivity index is 1.94. The van der Waals surface area contributed by atoms with Crippen molar-refractivity contribution in [2.45, 2.75) is 24.5 Å². The van der Waals surface area contributed by atoms with Gasteiger partial charge >= 0.3 is 5.97 Å². The number of halogens is 1. The summed E-state index contributed by atoms with van der Waals surface area (Å²) in [5.41, 5.74) is 0.836. The Hall–Kier alpha value is -2.86. The first-order chi connectivity index (χ1) is 13.7. The second-order valence-electron chi connectivity index (χ2n) is 5.91. The normalized spacial score (nSPS) is 11.9. The summed E-state index contributed by atoms with van der Waals surface area (Å²) >= 11 is 6.03. The highest BCUT2D eigenvalue weighted by Crippen LogP contribution is 2.15. The van der Waals surface area contributed by atoms with Crippen LogP contribution < -0.4 is 10.0 Å². The lowest BCUT2D eigenvalue weighted by Crippen LogP contribution is -2.35. The van der Waals surface area contributed by atoms with Gasteiger partial charge in [-0.25, -0.2) is 13.2 Å². The van der Waals surface area contributed by atoms with E-state index in [0.29, 0.717) is 5.02 Å². The van der Waals surface area contributed by atoms with Gasteiger partial charge in [-0.1, -0.05) is 35.7 Å². The standard InChI is InChI=1S/C20H19ClN2O5S/c1-3-12-23-29(26,27)17-10-8-15(9-11-17)20(25)28-14(2)19(24)22-13-16-6-4-5-7-18(16)21/h1,4-11,14,23H,12-13H2,2H3,(H,22,24). The van der Waals surface area contributed by atoms with Crippen LogP contribution in [0.4, 0.5) is 0 Å². The van der Waals surface area contributed by atoms with Crippen molar-refractivity contribution < 1.29 is 22.7 Å². The maximum Gasteiger partial charge on any atom is 0.338 e. The zero-order valence-electron chi connectivity index (χ0n) is 15.5. The molecule has 9 heteroatoms. The lowest BCUT2D eigenvalue weighted by molar-refractivity contribution is -0.129. The molecule has 0 radical (unpaired) electrons. The number of amides is 1.